The van der Waals surface area contributed by atoms with Gasteiger partial charge in [0.15, 0.2) is 0 Å². The fourth-order valence-electron chi connectivity index (χ4n) is 3.06. The first-order valence-corrected chi connectivity index (χ1v) is 8.28. The summed E-state index contributed by atoms with van der Waals surface area (Å²) in [5.74, 6) is -0.941. The summed E-state index contributed by atoms with van der Waals surface area (Å²) in [5, 5.41) is 13.9. The third-order valence-electron chi connectivity index (χ3n) is 4.48. The van der Waals surface area contributed by atoms with Gasteiger partial charge in [-0.3, -0.25) is 19.7 Å². The van der Waals surface area contributed by atoms with Crippen LogP contribution in [-0.4, -0.2) is 23.3 Å². The number of nitro benzene ring substituents is 1. The first-order chi connectivity index (χ1) is 12.3. The minimum atomic E-state index is -0.497. The smallest absolute Gasteiger partial charge is 0.274 e. The minimum absolute atomic E-state index is 0.0389. The molecule has 1 aliphatic rings. The molecule has 3 rings (SSSR count). The molecular weight excluding hydrogens is 334 g/mol. The van der Waals surface area contributed by atoms with Crippen molar-refractivity contribution in [3.63, 3.8) is 0 Å². The second-order valence-electron chi connectivity index (χ2n) is 6.49. The van der Waals surface area contributed by atoms with E-state index in [1.54, 1.807) is 25.1 Å². The molecule has 2 aromatic rings. The van der Waals surface area contributed by atoms with Crippen molar-refractivity contribution in [3.8, 4) is 0 Å². The Balaban J connectivity index is 1.75. The van der Waals surface area contributed by atoms with Gasteiger partial charge in [-0.05, 0) is 37.6 Å². The van der Waals surface area contributed by atoms with Crippen LogP contribution in [0.3, 0.4) is 0 Å². The molecule has 0 bridgehead atoms. The molecule has 1 aliphatic heterocycles. The Bertz CT molecular complexity index is 894. The van der Waals surface area contributed by atoms with Crippen molar-refractivity contribution < 1.29 is 14.5 Å². The van der Waals surface area contributed by atoms with E-state index in [1.165, 1.54) is 11.0 Å². The zero-order chi connectivity index (χ0) is 18.8. The molecule has 2 aromatic carbocycles. The van der Waals surface area contributed by atoms with Gasteiger partial charge < -0.3 is 10.2 Å². The lowest BCUT2D eigenvalue weighted by molar-refractivity contribution is -0.385. The minimum Gasteiger partial charge on any atom is -0.326 e. The highest BCUT2D eigenvalue weighted by Crippen LogP contribution is 2.30. The number of hydrogen-bond acceptors (Lipinski definition) is 4. The number of hydrogen-bond donors (Lipinski definition) is 1. The van der Waals surface area contributed by atoms with E-state index in [9.17, 15) is 19.7 Å². The molecule has 7 heteroatoms. The summed E-state index contributed by atoms with van der Waals surface area (Å²) < 4.78 is 0. The van der Waals surface area contributed by atoms with E-state index in [-0.39, 0.29) is 30.5 Å². The molecule has 0 aromatic heterocycles. The highest BCUT2D eigenvalue weighted by Gasteiger charge is 2.35. The first-order valence-electron chi connectivity index (χ1n) is 8.28. The van der Waals surface area contributed by atoms with Crippen molar-refractivity contribution in [1.29, 1.82) is 0 Å². The van der Waals surface area contributed by atoms with Gasteiger partial charge in [0.1, 0.15) is 0 Å². The number of rotatable bonds is 4. The Kier molecular flexibility index (Phi) is 4.71. The molecule has 2 amide bonds. The Labute approximate surface area is 150 Å². The van der Waals surface area contributed by atoms with Gasteiger partial charge in [-0.2, -0.15) is 0 Å². The van der Waals surface area contributed by atoms with E-state index in [2.05, 4.69) is 5.32 Å². The lowest BCUT2D eigenvalue weighted by atomic mass is 10.1. The summed E-state index contributed by atoms with van der Waals surface area (Å²) in [5.41, 5.74) is 2.64. The van der Waals surface area contributed by atoms with Crippen LogP contribution in [0.1, 0.15) is 17.5 Å². The van der Waals surface area contributed by atoms with Gasteiger partial charge in [-0.1, -0.05) is 18.2 Å². The number of anilines is 2. The van der Waals surface area contributed by atoms with Gasteiger partial charge in [-0.25, -0.2) is 0 Å². The largest absolute Gasteiger partial charge is 0.326 e. The Morgan fingerprint density at radius 1 is 1.23 bits per heavy atom. The average molecular weight is 353 g/mol. The number of amides is 2. The Hall–Kier alpha value is -3.22. The van der Waals surface area contributed by atoms with E-state index in [0.717, 1.165) is 5.56 Å². The molecule has 0 radical (unpaired) electrons. The molecule has 26 heavy (non-hydrogen) atoms. The monoisotopic (exact) mass is 353 g/mol. The van der Waals surface area contributed by atoms with E-state index in [1.807, 2.05) is 25.1 Å². The average Bonchev–Trinajstić information content (AvgIpc) is 2.97. The summed E-state index contributed by atoms with van der Waals surface area (Å²) >= 11 is 0. The summed E-state index contributed by atoms with van der Waals surface area (Å²) in [6.45, 7) is 3.78. The maximum atomic E-state index is 12.5. The predicted molar refractivity (Wildman–Crippen MR) is 98.1 cm³/mol. The molecule has 0 spiro atoms. The summed E-state index contributed by atoms with van der Waals surface area (Å²) in [7, 11) is 0. The topological polar surface area (TPSA) is 92.6 Å². The zero-order valence-corrected chi connectivity index (χ0v) is 14.6. The van der Waals surface area contributed by atoms with Crippen LogP contribution >= 0.6 is 0 Å². The lowest BCUT2D eigenvalue weighted by Gasteiger charge is -2.17. The predicted octanol–water partition coefficient (Wildman–Crippen LogP) is 3.20. The van der Waals surface area contributed by atoms with Gasteiger partial charge in [-0.15, -0.1) is 0 Å². The second-order valence-corrected chi connectivity index (χ2v) is 6.49. The van der Waals surface area contributed by atoms with E-state index < -0.39 is 10.8 Å². The molecule has 1 heterocycles. The van der Waals surface area contributed by atoms with Gasteiger partial charge in [0, 0.05) is 30.3 Å². The molecular formula is C19H19N3O4. The van der Waals surface area contributed by atoms with E-state index in [4.69, 9.17) is 0 Å². The third-order valence-corrected chi connectivity index (χ3v) is 4.48. The summed E-state index contributed by atoms with van der Waals surface area (Å²) in [4.78, 5) is 36.9. The molecule has 1 fully saturated rings. The van der Waals surface area contributed by atoms with Gasteiger partial charge in [0.25, 0.3) is 5.69 Å². The molecule has 0 unspecified atom stereocenters. The van der Waals surface area contributed by atoms with Crippen LogP contribution < -0.4 is 10.2 Å². The van der Waals surface area contributed by atoms with Crippen molar-refractivity contribution in [2.45, 2.75) is 20.3 Å². The lowest BCUT2D eigenvalue weighted by Crippen LogP contribution is -2.28. The molecule has 0 aliphatic carbocycles. The van der Waals surface area contributed by atoms with Crippen LogP contribution in [0.4, 0.5) is 17.1 Å². The molecule has 0 saturated carbocycles. The maximum absolute atomic E-state index is 12.5. The number of aryl methyl sites for hydroxylation is 2. The van der Waals surface area contributed by atoms with Crippen LogP contribution in [0, 0.1) is 29.9 Å². The molecule has 7 nitrogen and oxygen atoms in total. The molecule has 134 valence electrons. The van der Waals surface area contributed by atoms with Gasteiger partial charge in [0.05, 0.1) is 16.5 Å². The van der Waals surface area contributed by atoms with Crippen LogP contribution in [-0.2, 0) is 9.59 Å². The Morgan fingerprint density at radius 2 is 2.00 bits per heavy atom. The van der Waals surface area contributed by atoms with E-state index >= 15 is 0 Å². The number of nitro groups is 1. The normalized spacial score (nSPS) is 16.6. The van der Waals surface area contributed by atoms with Crippen molar-refractivity contribution in [2.75, 3.05) is 16.8 Å². The van der Waals surface area contributed by atoms with Crippen LogP contribution in [0.5, 0.6) is 0 Å². The van der Waals surface area contributed by atoms with Crippen molar-refractivity contribution >= 4 is 28.9 Å². The second kappa shape index (κ2) is 6.95. The number of nitrogens with zero attached hydrogens (tertiary/aromatic N) is 2. The number of nitrogens with one attached hydrogen (secondary N) is 1. The van der Waals surface area contributed by atoms with Gasteiger partial charge in [0.2, 0.25) is 11.8 Å². The highest BCUT2D eigenvalue weighted by atomic mass is 16.6. The quantitative estimate of drug-likeness (QED) is 0.675. The third kappa shape index (κ3) is 3.56. The fraction of sp³-hybridized carbons (Fsp3) is 0.263. The summed E-state index contributed by atoms with van der Waals surface area (Å²) in [6.07, 6.45) is 0.0827. The SMILES string of the molecule is Cc1cccc(NC(=O)[C@H]2CC(=O)N(c3ccc(C)c([N+](=O)[O-])c3)C2)c1. The van der Waals surface area contributed by atoms with Crippen molar-refractivity contribution in [2.24, 2.45) is 5.92 Å². The van der Waals surface area contributed by atoms with Crippen LogP contribution in [0.15, 0.2) is 42.5 Å². The molecule has 1 saturated heterocycles. The Morgan fingerprint density at radius 3 is 2.69 bits per heavy atom. The van der Waals surface area contributed by atoms with Crippen molar-refractivity contribution in [3.05, 3.63) is 63.7 Å². The number of carbonyl (C=O) groups excluding carboxylic acids is 2. The zero-order valence-electron chi connectivity index (χ0n) is 14.6. The standard InChI is InChI=1S/C19H19N3O4/c1-12-4-3-5-15(8-12)20-19(24)14-9-18(23)21(11-14)16-7-6-13(2)17(10-16)22(25)26/h3-8,10,14H,9,11H2,1-2H3,(H,20,24)/t14-/m0/s1. The van der Waals surface area contributed by atoms with Crippen LogP contribution in [0.2, 0.25) is 0 Å². The number of carbonyl (C=O) groups is 2. The van der Waals surface area contributed by atoms with Gasteiger partial charge >= 0.3 is 0 Å². The van der Waals surface area contributed by atoms with Crippen LogP contribution in [0.25, 0.3) is 0 Å². The van der Waals surface area contributed by atoms with Crippen molar-refractivity contribution in [1.82, 2.24) is 0 Å². The number of benzene rings is 2. The maximum Gasteiger partial charge on any atom is 0.274 e. The highest BCUT2D eigenvalue weighted by molar-refractivity contribution is 6.03. The molecule has 1 N–H and O–H groups in total. The molecule has 1 atom stereocenters. The van der Waals surface area contributed by atoms with E-state index in [0.29, 0.717) is 16.9 Å². The first kappa shape index (κ1) is 17.6. The fourth-order valence-corrected chi connectivity index (χ4v) is 3.06. The summed E-state index contributed by atoms with van der Waals surface area (Å²) in [6, 6.07) is 12.1.